The highest BCUT2D eigenvalue weighted by atomic mass is 32.2. The van der Waals surface area contributed by atoms with Gasteiger partial charge in [-0.15, -0.1) is 0 Å². The summed E-state index contributed by atoms with van der Waals surface area (Å²) in [5.74, 6) is 0. The lowest BCUT2D eigenvalue weighted by Gasteiger charge is -2.40. The van der Waals surface area contributed by atoms with Gasteiger partial charge in [-0.2, -0.15) is 11.8 Å². The molecular formula is C14H21NOS. The van der Waals surface area contributed by atoms with Crippen molar-refractivity contribution in [2.45, 2.75) is 37.2 Å². The molecular weight excluding hydrogens is 230 g/mol. The van der Waals surface area contributed by atoms with E-state index < -0.39 is 0 Å². The third-order valence-electron chi connectivity index (χ3n) is 3.68. The zero-order chi connectivity index (χ0) is 12.1. The molecule has 0 saturated heterocycles. The first-order valence-electron chi connectivity index (χ1n) is 6.22. The Hall–Kier alpha value is -0.510. The molecule has 0 heterocycles. The summed E-state index contributed by atoms with van der Waals surface area (Å²) in [6.45, 7) is 2.16. The van der Waals surface area contributed by atoms with Crippen molar-refractivity contribution in [1.82, 2.24) is 5.32 Å². The maximum Gasteiger partial charge on any atom is 0.0681 e. The minimum Gasteiger partial charge on any atom is -0.392 e. The minimum atomic E-state index is 0.128. The van der Waals surface area contributed by atoms with Crippen LogP contribution < -0.4 is 5.32 Å². The second-order valence-electron chi connectivity index (χ2n) is 4.82. The fourth-order valence-electron chi connectivity index (χ4n) is 2.22. The van der Waals surface area contributed by atoms with Crippen LogP contribution in [-0.4, -0.2) is 22.7 Å². The summed E-state index contributed by atoms with van der Waals surface area (Å²) in [5.41, 5.74) is 2.27. The van der Waals surface area contributed by atoms with Crippen LogP contribution in [0.3, 0.4) is 0 Å². The molecule has 1 aliphatic carbocycles. The van der Waals surface area contributed by atoms with Crippen LogP contribution in [0.4, 0.5) is 0 Å². The molecule has 17 heavy (non-hydrogen) atoms. The molecule has 1 saturated carbocycles. The van der Waals surface area contributed by atoms with Crippen LogP contribution in [0.25, 0.3) is 0 Å². The van der Waals surface area contributed by atoms with E-state index in [4.69, 9.17) is 5.11 Å². The molecule has 0 amide bonds. The van der Waals surface area contributed by atoms with Gasteiger partial charge < -0.3 is 10.4 Å². The lowest BCUT2D eigenvalue weighted by Crippen LogP contribution is -2.43. The van der Waals surface area contributed by atoms with Crippen molar-refractivity contribution in [3.05, 3.63) is 35.4 Å². The van der Waals surface area contributed by atoms with Crippen molar-refractivity contribution < 1.29 is 5.11 Å². The largest absolute Gasteiger partial charge is 0.392 e. The molecule has 0 radical (unpaired) electrons. The van der Waals surface area contributed by atoms with E-state index in [1.54, 1.807) is 0 Å². The van der Waals surface area contributed by atoms with Crippen molar-refractivity contribution in [3.8, 4) is 0 Å². The smallest absolute Gasteiger partial charge is 0.0681 e. The molecule has 3 heteroatoms. The Morgan fingerprint density at radius 3 is 2.35 bits per heavy atom. The maximum atomic E-state index is 8.96. The zero-order valence-corrected chi connectivity index (χ0v) is 11.2. The number of rotatable bonds is 6. The van der Waals surface area contributed by atoms with E-state index in [1.165, 1.54) is 24.8 Å². The molecule has 0 bridgehead atoms. The van der Waals surface area contributed by atoms with E-state index in [2.05, 4.69) is 23.7 Å². The van der Waals surface area contributed by atoms with Crippen LogP contribution in [0.15, 0.2) is 24.3 Å². The standard InChI is InChI=1S/C14H21NOS/c1-17-14(7-2-8-14)11-15-9-12-3-5-13(10-16)6-4-12/h3-6,15-16H,2,7-11H2,1H3. The van der Waals surface area contributed by atoms with E-state index in [-0.39, 0.29) is 6.61 Å². The van der Waals surface area contributed by atoms with Gasteiger partial charge in [0.2, 0.25) is 0 Å². The SMILES string of the molecule is CSC1(CNCc2ccc(CO)cc2)CCC1. The van der Waals surface area contributed by atoms with Gasteiger partial charge in [0, 0.05) is 17.8 Å². The molecule has 94 valence electrons. The van der Waals surface area contributed by atoms with Gasteiger partial charge in [0.25, 0.3) is 0 Å². The molecule has 1 aliphatic rings. The molecule has 2 N–H and O–H groups in total. The number of aliphatic hydroxyl groups is 1. The Bertz CT molecular complexity index is 340. The number of hydrogen-bond donors (Lipinski definition) is 2. The van der Waals surface area contributed by atoms with E-state index in [1.807, 2.05) is 23.9 Å². The summed E-state index contributed by atoms with van der Waals surface area (Å²) in [7, 11) is 0. The zero-order valence-electron chi connectivity index (χ0n) is 10.4. The van der Waals surface area contributed by atoms with Crippen LogP contribution in [-0.2, 0) is 13.2 Å². The summed E-state index contributed by atoms with van der Waals surface area (Å²) in [4.78, 5) is 0. The lowest BCUT2D eigenvalue weighted by molar-refractivity contribution is 0.282. The predicted molar refractivity (Wildman–Crippen MR) is 74.2 cm³/mol. The highest BCUT2D eigenvalue weighted by Gasteiger charge is 2.35. The normalized spacial score (nSPS) is 17.8. The van der Waals surface area contributed by atoms with Crippen molar-refractivity contribution >= 4 is 11.8 Å². The van der Waals surface area contributed by atoms with Gasteiger partial charge in [-0.1, -0.05) is 30.7 Å². The van der Waals surface area contributed by atoms with Gasteiger partial charge in [-0.05, 0) is 30.2 Å². The number of aliphatic hydroxyl groups excluding tert-OH is 1. The minimum absolute atomic E-state index is 0.128. The van der Waals surface area contributed by atoms with Crippen LogP contribution in [0.1, 0.15) is 30.4 Å². The average molecular weight is 251 g/mol. The Kier molecular flexibility index (Phi) is 4.48. The number of thioether (sulfide) groups is 1. The lowest BCUT2D eigenvalue weighted by atomic mass is 9.84. The third kappa shape index (κ3) is 3.24. The van der Waals surface area contributed by atoms with Crippen LogP contribution >= 0.6 is 11.8 Å². The fourth-order valence-corrected chi connectivity index (χ4v) is 3.16. The average Bonchev–Trinajstić information content (AvgIpc) is 2.33. The molecule has 0 aliphatic heterocycles. The molecule has 1 aromatic carbocycles. The summed E-state index contributed by atoms with van der Waals surface area (Å²) in [5, 5.41) is 12.5. The van der Waals surface area contributed by atoms with Crippen molar-refractivity contribution in [2.75, 3.05) is 12.8 Å². The summed E-state index contributed by atoms with van der Waals surface area (Å²) >= 11 is 2.00. The van der Waals surface area contributed by atoms with Crippen LogP contribution in [0, 0.1) is 0 Å². The van der Waals surface area contributed by atoms with Gasteiger partial charge in [-0.3, -0.25) is 0 Å². The van der Waals surface area contributed by atoms with Crippen molar-refractivity contribution in [3.63, 3.8) is 0 Å². The molecule has 2 nitrogen and oxygen atoms in total. The quantitative estimate of drug-likeness (QED) is 0.815. The fraction of sp³-hybridized carbons (Fsp3) is 0.571. The Labute approximate surface area is 108 Å². The molecule has 0 aromatic heterocycles. The van der Waals surface area contributed by atoms with Gasteiger partial charge >= 0.3 is 0 Å². The Morgan fingerprint density at radius 2 is 1.88 bits per heavy atom. The summed E-state index contributed by atoms with van der Waals surface area (Å²) in [6, 6.07) is 8.16. The highest BCUT2D eigenvalue weighted by molar-refractivity contribution is 8.00. The Balaban J connectivity index is 1.77. The van der Waals surface area contributed by atoms with Gasteiger partial charge in [-0.25, -0.2) is 0 Å². The topological polar surface area (TPSA) is 32.3 Å². The second kappa shape index (κ2) is 5.89. The third-order valence-corrected chi connectivity index (χ3v) is 5.10. The monoisotopic (exact) mass is 251 g/mol. The van der Waals surface area contributed by atoms with Crippen LogP contribution in [0.5, 0.6) is 0 Å². The molecule has 1 aromatic rings. The Morgan fingerprint density at radius 1 is 1.24 bits per heavy atom. The number of benzene rings is 1. The van der Waals surface area contributed by atoms with E-state index in [0.717, 1.165) is 18.7 Å². The number of nitrogens with one attached hydrogen (secondary N) is 1. The number of hydrogen-bond acceptors (Lipinski definition) is 3. The first kappa shape index (κ1) is 12.9. The van der Waals surface area contributed by atoms with E-state index in [9.17, 15) is 0 Å². The van der Waals surface area contributed by atoms with E-state index in [0.29, 0.717) is 4.75 Å². The molecule has 1 fully saturated rings. The second-order valence-corrected chi connectivity index (χ2v) is 6.09. The van der Waals surface area contributed by atoms with E-state index >= 15 is 0 Å². The van der Waals surface area contributed by atoms with Crippen molar-refractivity contribution in [1.29, 1.82) is 0 Å². The first-order chi connectivity index (χ1) is 8.28. The molecule has 0 atom stereocenters. The molecule has 0 spiro atoms. The van der Waals surface area contributed by atoms with Crippen LogP contribution in [0.2, 0.25) is 0 Å². The summed E-state index contributed by atoms with van der Waals surface area (Å²) in [6.07, 6.45) is 6.31. The van der Waals surface area contributed by atoms with Crippen molar-refractivity contribution in [2.24, 2.45) is 0 Å². The molecule has 0 unspecified atom stereocenters. The first-order valence-corrected chi connectivity index (χ1v) is 7.45. The predicted octanol–water partition coefficient (Wildman–Crippen LogP) is 2.55. The van der Waals surface area contributed by atoms with Gasteiger partial charge in [0.15, 0.2) is 0 Å². The maximum absolute atomic E-state index is 8.96. The summed E-state index contributed by atoms with van der Waals surface area (Å²) < 4.78 is 0.505. The highest BCUT2D eigenvalue weighted by Crippen LogP contribution is 2.42. The molecule has 2 rings (SSSR count). The van der Waals surface area contributed by atoms with Gasteiger partial charge in [0.1, 0.15) is 0 Å². The van der Waals surface area contributed by atoms with Gasteiger partial charge in [0.05, 0.1) is 6.61 Å².